The molecular formula is C10H20N2O. The maximum Gasteiger partial charge on any atom is 0.0699 e. The van der Waals surface area contributed by atoms with Crippen LogP contribution in [-0.2, 0) is 4.74 Å². The number of ether oxygens (including phenoxy) is 1. The van der Waals surface area contributed by atoms with Gasteiger partial charge in [-0.05, 0) is 32.1 Å². The van der Waals surface area contributed by atoms with Crippen molar-refractivity contribution in [2.45, 2.75) is 43.7 Å². The van der Waals surface area contributed by atoms with Crippen molar-refractivity contribution in [2.75, 3.05) is 19.7 Å². The third kappa shape index (κ3) is 2.93. The first-order chi connectivity index (χ1) is 6.29. The van der Waals surface area contributed by atoms with Gasteiger partial charge < -0.3 is 15.8 Å². The van der Waals surface area contributed by atoms with Gasteiger partial charge in [-0.1, -0.05) is 0 Å². The molecule has 0 radical (unpaired) electrons. The van der Waals surface area contributed by atoms with Crippen molar-refractivity contribution in [1.82, 2.24) is 5.32 Å². The van der Waals surface area contributed by atoms with Crippen LogP contribution in [0.1, 0.15) is 32.1 Å². The molecule has 2 rings (SSSR count). The van der Waals surface area contributed by atoms with Gasteiger partial charge in [0.25, 0.3) is 0 Å². The number of hydrogen-bond acceptors (Lipinski definition) is 3. The Morgan fingerprint density at radius 1 is 1.38 bits per heavy atom. The summed E-state index contributed by atoms with van der Waals surface area (Å²) in [6.07, 6.45) is 6.58. The average Bonchev–Trinajstić information content (AvgIpc) is 2.86. The van der Waals surface area contributed by atoms with E-state index in [0.717, 1.165) is 19.7 Å². The molecule has 1 saturated carbocycles. The molecule has 1 atom stereocenters. The summed E-state index contributed by atoms with van der Waals surface area (Å²) in [5.41, 5.74) is 6.09. The van der Waals surface area contributed by atoms with E-state index in [0.29, 0.717) is 6.10 Å². The van der Waals surface area contributed by atoms with E-state index in [2.05, 4.69) is 5.32 Å². The number of rotatable bonds is 4. The fraction of sp³-hybridized carbons (Fsp3) is 1.00. The zero-order valence-corrected chi connectivity index (χ0v) is 8.22. The molecule has 1 aliphatic heterocycles. The molecule has 1 aliphatic carbocycles. The van der Waals surface area contributed by atoms with Crippen molar-refractivity contribution in [3.63, 3.8) is 0 Å². The molecule has 3 heteroatoms. The first-order valence-corrected chi connectivity index (χ1v) is 5.40. The Morgan fingerprint density at radius 2 is 2.23 bits per heavy atom. The highest BCUT2D eigenvalue weighted by molar-refractivity contribution is 5.00. The third-order valence-electron chi connectivity index (χ3n) is 3.02. The van der Waals surface area contributed by atoms with Crippen LogP contribution in [0.25, 0.3) is 0 Å². The van der Waals surface area contributed by atoms with Crippen molar-refractivity contribution >= 4 is 0 Å². The summed E-state index contributed by atoms with van der Waals surface area (Å²) in [7, 11) is 0. The molecule has 0 bridgehead atoms. The fourth-order valence-electron chi connectivity index (χ4n) is 1.79. The summed E-state index contributed by atoms with van der Waals surface area (Å²) in [5.74, 6) is 0. The summed E-state index contributed by atoms with van der Waals surface area (Å²) in [6.45, 7) is 2.89. The molecule has 3 nitrogen and oxygen atoms in total. The molecule has 0 aromatic heterocycles. The second kappa shape index (κ2) is 3.95. The lowest BCUT2D eigenvalue weighted by molar-refractivity contribution is 0.0168. The molecule has 2 aliphatic rings. The first-order valence-electron chi connectivity index (χ1n) is 5.40. The highest BCUT2D eigenvalue weighted by Gasteiger charge is 2.37. The summed E-state index contributed by atoms with van der Waals surface area (Å²) in [4.78, 5) is 0. The van der Waals surface area contributed by atoms with E-state index in [1.165, 1.54) is 32.1 Å². The second-order valence-corrected chi connectivity index (χ2v) is 4.48. The molecule has 76 valence electrons. The van der Waals surface area contributed by atoms with Crippen LogP contribution >= 0.6 is 0 Å². The molecule has 1 unspecified atom stereocenters. The Balaban J connectivity index is 1.56. The minimum atomic E-state index is 0.134. The Hall–Kier alpha value is -0.120. The van der Waals surface area contributed by atoms with Gasteiger partial charge >= 0.3 is 0 Å². The van der Waals surface area contributed by atoms with E-state index in [-0.39, 0.29) is 5.54 Å². The highest BCUT2D eigenvalue weighted by atomic mass is 16.5. The zero-order valence-electron chi connectivity index (χ0n) is 8.22. The lowest BCUT2D eigenvalue weighted by atomic mass is 10.1. The highest BCUT2D eigenvalue weighted by Crippen LogP contribution is 2.30. The van der Waals surface area contributed by atoms with E-state index in [4.69, 9.17) is 10.5 Å². The van der Waals surface area contributed by atoms with Crippen LogP contribution in [0.5, 0.6) is 0 Å². The van der Waals surface area contributed by atoms with Gasteiger partial charge in [0, 0.05) is 25.2 Å². The Bertz CT molecular complexity index is 162. The van der Waals surface area contributed by atoms with Crippen LogP contribution in [0.3, 0.4) is 0 Å². The molecule has 1 saturated heterocycles. The van der Waals surface area contributed by atoms with Gasteiger partial charge in [-0.2, -0.15) is 0 Å². The number of nitrogens with one attached hydrogen (secondary N) is 1. The Morgan fingerprint density at radius 3 is 2.85 bits per heavy atom. The summed E-state index contributed by atoms with van der Waals surface area (Å²) in [6, 6.07) is 0. The van der Waals surface area contributed by atoms with Crippen molar-refractivity contribution in [3.05, 3.63) is 0 Å². The predicted octanol–water partition coefficient (Wildman–Crippen LogP) is 0.636. The van der Waals surface area contributed by atoms with Crippen LogP contribution in [0.15, 0.2) is 0 Å². The van der Waals surface area contributed by atoms with Gasteiger partial charge in [0.15, 0.2) is 0 Å². The zero-order chi connectivity index (χ0) is 9.15. The van der Waals surface area contributed by atoms with Crippen LogP contribution < -0.4 is 11.1 Å². The molecule has 0 amide bonds. The van der Waals surface area contributed by atoms with Crippen molar-refractivity contribution in [3.8, 4) is 0 Å². The molecule has 3 N–H and O–H groups in total. The van der Waals surface area contributed by atoms with Gasteiger partial charge in [-0.25, -0.2) is 0 Å². The smallest absolute Gasteiger partial charge is 0.0699 e. The van der Waals surface area contributed by atoms with Crippen LogP contribution in [-0.4, -0.2) is 31.3 Å². The second-order valence-electron chi connectivity index (χ2n) is 4.48. The largest absolute Gasteiger partial charge is 0.377 e. The monoisotopic (exact) mass is 184 g/mol. The standard InChI is InChI=1S/C10H20N2O/c11-10(4-5-10)8-12-7-9-3-1-2-6-13-9/h9,12H,1-8,11H2. The van der Waals surface area contributed by atoms with Crippen LogP contribution in [0, 0.1) is 0 Å². The summed E-state index contributed by atoms with van der Waals surface area (Å²) >= 11 is 0. The van der Waals surface area contributed by atoms with E-state index in [1.807, 2.05) is 0 Å². The van der Waals surface area contributed by atoms with E-state index in [9.17, 15) is 0 Å². The minimum Gasteiger partial charge on any atom is -0.377 e. The summed E-state index contributed by atoms with van der Waals surface area (Å²) in [5, 5.41) is 3.41. The molecule has 0 aromatic carbocycles. The van der Waals surface area contributed by atoms with Gasteiger partial charge in [0.2, 0.25) is 0 Å². The predicted molar refractivity (Wildman–Crippen MR) is 52.6 cm³/mol. The van der Waals surface area contributed by atoms with Crippen molar-refractivity contribution in [2.24, 2.45) is 5.73 Å². The van der Waals surface area contributed by atoms with Gasteiger partial charge in [0.1, 0.15) is 0 Å². The van der Waals surface area contributed by atoms with Crippen molar-refractivity contribution < 1.29 is 4.74 Å². The molecule has 13 heavy (non-hydrogen) atoms. The topological polar surface area (TPSA) is 47.3 Å². The Kier molecular flexibility index (Phi) is 2.86. The lowest BCUT2D eigenvalue weighted by Crippen LogP contribution is -2.40. The molecule has 0 aromatic rings. The van der Waals surface area contributed by atoms with E-state index < -0.39 is 0 Å². The minimum absolute atomic E-state index is 0.134. The first kappa shape index (κ1) is 9.44. The van der Waals surface area contributed by atoms with Crippen LogP contribution in [0.2, 0.25) is 0 Å². The fourth-order valence-corrected chi connectivity index (χ4v) is 1.79. The average molecular weight is 184 g/mol. The number of nitrogens with two attached hydrogens (primary N) is 1. The molecule has 0 spiro atoms. The van der Waals surface area contributed by atoms with Gasteiger partial charge in [-0.3, -0.25) is 0 Å². The maximum absolute atomic E-state index is 5.96. The van der Waals surface area contributed by atoms with E-state index >= 15 is 0 Å². The van der Waals surface area contributed by atoms with Crippen LogP contribution in [0.4, 0.5) is 0 Å². The molecule has 2 fully saturated rings. The SMILES string of the molecule is NC1(CNCC2CCCCO2)CC1. The normalized spacial score (nSPS) is 31.6. The summed E-state index contributed by atoms with van der Waals surface area (Å²) < 4.78 is 5.61. The molecule has 1 heterocycles. The maximum atomic E-state index is 5.96. The van der Waals surface area contributed by atoms with Gasteiger partial charge in [0.05, 0.1) is 6.10 Å². The quantitative estimate of drug-likeness (QED) is 0.674. The molecular weight excluding hydrogens is 164 g/mol. The number of hydrogen-bond donors (Lipinski definition) is 2. The lowest BCUT2D eigenvalue weighted by Gasteiger charge is -2.23. The van der Waals surface area contributed by atoms with E-state index in [1.54, 1.807) is 0 Å². The third-order valence-corrected chi connectivity index (χ3v) is 3.02. The van der Waals surface area contributed by atoms with Gasteiger partial charge in [-0.15, -0.1) is 0 Å². The van der Waals surface area contributed by atoms with Crippen molar-refractivity contribution in [1.29, 1.82) is 0 Å². The Labute approximate surface area is 80.0 Å².